The van der Waals surface area contributed by atoms with Crippen molar-refractivity contribution in [2.45, 2.75) is 58.2 Å². The molecule has 2 heterocycles. The lowest BCUT2D eigenvalue weighted by Crippen LogP contribution is -2.56. The zero-order valence-corrected chi connectivity index (χ0v) is 18.2. The van der Waals surface area contributed by atoms with Gasteiger partial charge >= 0.3 is 0 Å². The summed E-state index contributed by atoms with van der Waals surface area (Å²) in [6.07, 6.45) is 4.20. The van der Waals surface area contributed by atoms with Crippen molar-refractivity contribution in [3.63, 3.8) is 0 Å². The van der Waals surface area contributed by atoms with Crippen LogP contribution in [0, 0.1) is 0 Å². The molecule has 3 atom stereocenters. The monoisotopic (exact) mass is 404 g/mol. The first-order valence-electron chi connectivity index (χ1n) is 10.5. The van der Waals surface area contributed by atoms with Crippen LogP contribution in [0.5, 0.6) is 0 Å². The molecule has 1 N–H and O–H groups in total. The van der Waals surface area contributed by atoms with E-state index in [2.05, 4.69) is 52.6 Å². The van der Waals surface area contributed by atoms with Gasteiger partial charge in [0.2, 0.25) is 0 Å². The smallest absolute Gasteiger partial charge is 0.279 e. The number of fused-ring (bicyclic) bond motifs is 2. The van der Waals surface area contributed by atoms with E-state index in [0.29, 0.717) is 25.0 Å². The second-order valence-electron chi connectivity index (χ2n) is 8.14. The first-order valence-corrected chi connectivity index (χ1v) is 11.9. The molecule has 7 heteroatoms. The van der Waals surface area contributed by atoms with Gasteiger partial charge in [-0.2, -0.15) is 17.4 Å². The molecular weight excluding hydrogens is 372 g/mol. The molecule has 0 bridgehead atoms. The largest absolute Gasteiger partial charge is 0.347 e. The summed E-state index contributed by atoms with van der Waals surface area (Å²) in [5, 5.41) is 1.39. The van der Waals surface area contributed by atoms with E-state index in [9.17, 15) is 8.42 Å². The Morgan fingerprint density at radius 2 is 1.96 bits per heavy atom. The van der Waals surface area contributed by atoms with Gasteiger partial charge in [-0.05, 0) is 44.0 Å². The van der Waals surface area contributed by atoms with Crippen molar-refractivity contribution in [1.29, 1.82) is 0 Å². The second kappa shape index (κ2) is 7.44. The van der Waals surface area contributed by atoms with Crippen molar-refractivity contribution >= 4 is 21.1 Å². The maximum atomic E-state index is 12.8. The third-order valence-corrected chi connectivity index (χ3v) is 8.45. The lowest BCUT2D eigenvalue weighted by Gasteiger charge is -2.45. The molecule has 1 aliphatic carbocycles. The Balaban J connectivity index is 1.67. The molecule has 0 amide bonds. The first-order chi connectivity index (χ1) is 13.4. The molecule has 28 heavy (non-hydrogen) atoms. The van der Waals surface area contributed by atoms with Crippen molar-refractivity contribution < 1.29 is 8.42 Å². The van der Waals surface area contributed by atoms with Crippen LogP contribution in [0.3, 0.4) is 0 Å². The molecule has 6 nitrogen and oxygen atoms in total. The SMILES string of the molecule is CCN(CC)S(=O)(=O)N[C@H]1C[C@@H]2c3cccc4c3c(cn4CC)C[C@@H]2N(C)C1. The van der Waals surface area contributed by atoms with Gasteiger partial charge in [-0.3, -0.25) is 0 Å². The Morgan fingerprint density at radius 3 is 2.64 bits per heavy atom. The highest BCUT2D eigenvalue weighted by Gasteiger charge is 2.41. The maximum absolute atomic E-state index is 12.8. The lowest BCUT2D eigenvalue weighted by molar-refractivity contribution is 0.135. The fourth-order valence-electron chi connectivity index (χ4n) is 5.31. The van der Waals surface area contributed by atoms with Gasteiger partial charge in [0.05, 0.1) is 0 Å². The highest BCUT2D eigenvalue weighted by molar-refractivity contribution is 7.87. The number of nitrogens with zero attached hydrogens (tertiary/aromatic N) is 3. The van der Waals surface area contributed by atoms with Gasteiger partial charge in [-0.15, -0.1) is 0 Å². The van der Waals surface area contributed by atoms with Gasteiger partial charge in [0.15, 0.2) is 0 Å². The summed E-state index contributed by atoms with van der Waals surface area (Å²) in [4.78, 5) is 2.36. The normalized spacial score (nSPS) is 25.4. The third-order valence-electron chi connectivity index (χ3n) is 6.62. The number of rotatable bonds is 6. The Bertz CT molecular complexity index is 964. The van der Waals surface area contributed by atoms with Crippen molar-refractivity contribution in [2.75, 3.05) is 26.7 Å². The van der Waals surface area contributed by atoms with Crippen LogP contribution in [0.2, 0.25) is 0 Å². The van der Waals surface area contributed by atoms with Gasteiger partial charge in [-0.1, -0.05) is 26.0 Å². The van der Waals surface area contributed by atoms with Crippen LogP contribution >= 0.6 is 0 Å². The summed E-state index contributed by atoms with van der Waals surface area (Å²) in [7, 11) is -1.31. The number of nitrogens with one attached hydrogen (secondary N) is 1. The predicted octanol–water partition coefficient (Wildman–Crippen LogP) is 2.55. The predicted molar refractivity (Wildman–Crippen MR) is 114 cm³/mol. The first kappa shape index (κ1) is 19.9. The maximum Gasteiger partial charge on any atom is 0.279 e. The van der Waals surface area contributed by atoms with Crippen molar-refractivity contribution in [1.82, 2.24) is 18.5 Å². The summed E-state index contributed by atoms with van der Waals surface area (Å²) in [6.45, 7) is 8.66. The molecular formula is C21H32N4O2S. The second-order valence-corrected chi connectivity index (χ2v) is 9.84. The van der Waals surface area contributed by atoms with Crippen LogP contribution in [0.15, 0.2) is 24.4 Å². The summed E-state index contributed by atoms with van der Waals surface area (Å²) < 4.78 is 32.3. The number of hydrogen-bond acceptors (Lipinski definition) is 3. The molecule has 0 saturated carbocycles. The van der Waals surface area contributed by atoms with E-state index in [0.717, 1.165) is 25.9 Å². The summed E-state index contributed by atoms with van der Waals surface area (Å²) in [5.41, 5.74) is 4.12. The van der Waals surface area contributed by atoms with E-state index >= 15 is 0 Å². The zero-order chi connectivity index (χ0) is 20.1. The van der Waals surface area contributed by atoms with Gasteiger partial charge in [0.25, 0.3) is 10.2 Å². The average Bonchev–Trinajstić information content (AvgIpc) is 3.02. The number of aromatic nitrogens is 1. The van der Waals surface area contributed by atoms with Gasteiger partial charge in [0.1, 0.15) is 0 Å². The highest BCUT2D eigenvalue weighted by atomic mass is 32.2. The fourth-order valence-corrected chi connectivity index (χ4v) is 6.74. The van der Waals surface area contributed by atoms with Crippen LogP contribution in [-0.4, -0.2) is 61.0 Å². The molecule has 1 saturated heterocycles. The minimum absolute atomic E-state index is 0.0677. The van der Waals surface area contributed by atoms with Crippen LogP contribution in [-0.2, 0) is 23.2 Å². The minimum Gasteiger partial charge on any atom is -0.347 e. The van der Waals surface area contributed by atoms with Gasteiger partial charge < -0.3 is 9.47 Å². The molecule has 1 aromatic carbocycles. The molecule has 2 aromatic rings. The van der Waals surface area contributed by atoms with E-state index in [1.54, 1.807) is 0 Å². The lowest BCUT2D eigenvalue weighted by atomic mass is 9.74. The molecule has 0 unspecified atom stereocenters. The molecule has 1 fully saturated rings. The van der Waals surface area contributed by atoms with Crippen LogP contribution in [0.1, 0.15) is 44.2 Å². The number of hydrogen-bond donors (Lipinski definition) is 1. The Kier molecular flexibility index (Phi) is 5.29. The molecule has 1 aliphatic heterocycles. The molecule has 0 spiro atoms. The summed E-state index contributed by atoms with van der Waals surface area (Å²) in [6, 6.07) is 6.97. The van der Waals surface area contributed by atoms with E-state index in [4.69, 9.17) is 0 Å². The third kappa shape index (κ3) is 3.18. The topological polar surface area (TPSA) is 57.6 Å². The highest BCUT2D eigenvalue weighted by Crippen LogP contribution is 2.43. The standard InChI is InChI=1S/C21H32N4O2S/c1-5-24-13-15-11-20-18(17-9-8-10-19(24)21(15)17)12-16(14-23(20)4)22-28(26,27)25(6-2)7-3/h8-10,13,16,18,20,22H,5-7,11-12,14H2,1-4H3/t16-,18+,20-/m0/s1. The number of benzene rings is 1. The van der Waals surface area contributed by atoms with Crippen molar-refractivity contribution in [3.8, 4) is 0 Å². The Hall–Kier alpha value is -1.41. The van der Waals surface area contributed by atoms with Crippen molar-refractivity contribution in [2.24, 2.45) is 0 Å². The van der Waals surface area contributed by atoms with Gasteiger partial charge in [-0.25, -0.2) is 0 Å². The molecule has 154 valence electrons. The van der Waals surface area contributed by atoms with E-state index < -0.39 is 10.2 Å². The van der Waals surface area contributed by atoms with Crippen LogP contribution in [0.25, 0.3) is 10.9 Å². The fraction of sp³-hybridized carbons (Fsp3) is 0.619. The van der Waals surface area contributed by atoms with Gasteiger partial charge in [0, 0.05) is 61.3 Å². The molecule has 2 aliphatic rings. The number of likely N-dealkylation sites (tertiary alicyclic amines) is 1. The van der Waals surface area contributed by atoms with Crippen LogP contribution < -0.4 is 4.72 Å². The summed E-state index contributed by atoms with van der Waals surface area (Å²) >= 11 is 0. The van der Waals surface area contributed by atoms with Crippen LogP contribution in [0.4, 0.5) is 0 Å². The van der Waals surface area contributed by atoms with E-state index in [1.807, 2.05) is 13.8 Å². The Morgan fingerprint density at radius 1 is 1.21 bits per heavy atom. The zero-order valence-electron chi connectivity index (χ0n) is 17.4. The number of aryl methyl sites for hydroxylation is 1. The summed E-state index contributed by atoms with van der Waals surface area (Å²) in [5.74, 6) is 0.354. The van der Waals surface area contributed by atoms with Crippen molar-refractivity contribution in [3.05, 3.63) is 35.5 Å². The quantitative estimate of drug-likeness (QED) is 0.805. The number of piperidine rings is 1. The number of likely N-dealkylation sites (N-methyl/N-ethyl adjacent to an activating group) is 1. The van der Waals surface area contributed by atoms with E-state index in [1.165, 1.54) is 26.3 Å². The molecule has 4 rings (SSSR count). The average molecular weight is 405 g/mol. The molecule has 1 aromatic heterocycles. The van der Waals surface area contributed by atoms with E-state index in [-0.39, 0.29) is 6.04 Å². The minimum atomic E-state index is -3.44. The Labute approximate surface area is 168 Å². The molecule has 0 radical (unpaired) electrons.